The van der Waals surface area contributed by atoms with Crippen LogP contribution in [0.1, 0.15) is 44.4 Å². The summed E-state index contributed by atoms with van der Waals surface area (Å²) < 4.78 is 0. The second-order valence-electron chi connectivity index (χ2n) is 4.93. The van der Waals surface area contributed by atoms with Crippen LogP contribution < -0.4 is 0 Å². The van der Waals surface area contributed by atoms with E-state index in [1.807, 2.05) is 33.1 Å². The van der Waals surface area contributed by atoms with Gasteiger partial charge in [0, 0.05) is 17.4 Å². The van der Waals surface area contributed by atoms with Gasteiger partial charge in [0.2, 0.25) is 0 Å². The number of allylic oxidation sites excluding steroid dienone is 4. The van der Waals surface area contributed by atoms with Crippen molar-refractivity contribution in [1.82, 2.24) is 0 Å². The normalized spacial score (nSPS) is 13.1. The number of rotatable bonds is 5. The van der Waals surface area contributed by atoms with Gasteiger partial charge in [-0.2, -0.15) is 0 Å². The van der Waals surface area contributed by atoms with Crippen molar-refractivity contribution in [2.45, 2.75) is 41.0 Å². The first-order valence-corrected chi connectivity index (χ1v) is 7.16. The molecule has 1 aromatic carbocycles. The summed E-state index contributed by atoms with van der Waals surface area (Å²) in [7, 11) is 0. The molecule has 0 aliphatic rings. The van der Waals surface area contributed by atoms with E-state index in [0.29, 0.717) is 0 Å². The zero-order chi connectivity index (χ0) is 15.1. The fourth-order valence-electron chi connectivity index (χ4n) is 2.21. The predicted molar refractivity (Wildman–Crippen MR) is 91.3 cm³/mol. The summed E-state index contributed by atoms with van der Waals surface area (Å²) in [6.45, 7) is 14.4. The second-order valence-corrected chi connectivity index (χ2v) is 4.93. The summed E-state index contributed by atoms with van der Waals surface area (Å²) in [6, 6.07) is 6.59. The minimum atomic E-state index is 0.998. The first-order chi connectivity index (χ1) is 9.54. The number of aryl methyl sites for hydroxylation is 2. The van der Waals surface area contributed by atoms with Crippen LogP contribution in [-0.2, 0) is 6.42 Å². The van der Waals surface area contributed by atoms with Crippen molar-refractivity contribution in [3.8, 4) is 0 Å². The lowest BCUT2D eigenvalue weighted by atomic mass is 9.96. The zero-order valence-electron chi connectivity index (χ0n) is 13.3. The van der Waals surface area contributed by atoms with E-state index in [1.54, 1.807) is 0 Å². The van der Waals surface area contributed by atoms with E-state index in [4.69, 9.17) is 0 Å². The second kappa shape index (κ2) is 7.64. The molecule has 1 nitrogen and oxygen atoms in total. The Morgan fingerprint density at radius 2 is 2.00 bits per heavy atom. The fourth-order valence-corrected chi connectivity index (χ4v) is 2.21. The number of hydrogen-bond acceptors (Lipinski definition) is 1. The molecular weight excluding hydrogens is 242 g/mol. The van der Waals surface area contributed by atoms with Crippen LogP contribution in [-0.4, -0.2) is 6.21 Å². The van der Waals surface area contributed by atoms with Crippen LogP contribution in [0.2, 0.25) is 0 Å². The smallest absolute Gasteiger partial charge is 0.0775 e. The highest BCUT2D eigenvalue weighted by molar-refractivity contribution is 5.80. The number of nitrogens with zero attached hydrogens (tertiary/aromatic N) is 1. The minimum Gasteiger partial charge on any atom is -0.260 e. The van der Waals surface area contributed by atoms with Gasteiger partial charge in [-0.05, 0) is 50.8 Å². The van der Waals surface area contributed by atoms with Crippen molar-refractivity contribution in [3.05, 3.63) is 64.8 Å². The first kappa shape index (κ1) is 16.2. The third kappa shape index (κ3) is 3.80. The van der Waals surface area contributed by atoms with E-state index in [2.05, 4.69) is 49.7 Å². The van der Waals surface area contributed by atoms with E-state index in [1.165, 1.54) is 16.7 Å². The van der Waals surface area contributed by atoms with Crippen molar-refractivity contribution in [1.29, 1.82) is 0 Å². The van der Waals surface area contributed by atoms with Gasteiger partial charge in [0.1, 0.15) is 0 Å². The molecule has 1 rings (SSSR count). The summed E-state index contributed by atoms with van der Waals surface area (Å²) >= 11 is 0. The van der Waals surface area contributed by atoms with E-state index in [0.717, 1.165) is 23.3 Å². The molecule has 0 aliphatic heterocycles. The van der Waals surface area contributed by atoms with Gasteiger partial charge in [0.15, 0.2) is 0 Å². The molecule has 1 aromatic rings. The maximum absolute atomic E-state index is 4.59. The van der Waals surface area contributed by atoms with Crippen LogP contribution in [0.25, 0.3) is 5.70 Å². The Hall–Kier alpha value is -1.89. The molecule has 0 heterocycles. The quantitative estimate of drug-likeness (QED) is 0.492. The van der Waals surface area contributed by atoms with Crippen LogP contribution in [0.15, 0.2) is 53.1 Å². The first-order valence-electron chi connectivity index (χ1n) is 7.16. The monoisotopic (exact) mass is 267 g/mol. The molecule has 106 valence electrons. The molecule has 0 fully saturated rings. The molecule has 0 unspecified atom stereocenters. The molecule has 0 radical (unpaired) electrons. The van der Waals surface area contributed by atoms with Crippen molar-refractivity contribution in [2.24, 2.45) is 4.99 Å². The van der Waals surface area contributed by atoms with Gasteiger partial charge in [-0.1, -0.05) is 43.9 Å². The average molecular weight is 267 g/mol. The van der Waals surface area contributed by atoms with Crippen molar-refractivity contribution < 1.29 is 0 Å². The minimum absolute atomic E-state index is 0.998. The summed E-state index contributed by atoms with van der Waals surface area (Å²) in [5.74, 6) is 0. The third-order valence-corrected chi connectivity index (χ3v) is 3.26. The number of benzene rings is 1. The van der Waals surface area contributed by atoms with Gasteiger partial charge in [0.05, 0.1) is 5.70 Å². The van der Waals surface area contributed by atoms with E-state index < -0.39 is 0 Å². The fraction of sp³-hybridized carbons (Fsp3) is 0.316. The standard InChI is InChI=1S/C19H25N/c1-7-10-17(14(4)5)19(20-9-3)18-12-11-16(8-2)13-15(18)6/h7,9-13H,4,8H2,1-3,5-6H3/b10-7-,19-17-,20-9-. The van der Waals surface area contributed by atoms with E-state index >= 15 is 0 Å². The molecule has 0 saturated heterocycles. The van der Waals surface area contributed by atoms with Gasteiger partial charge in [-0.25, -0.2) is 0 Å². The van der Waals surface area contributed by atoms with Crippen molar-refractivity contribution in [3.63, 3.8) is 0 Å². The maximum atomic E-state index is 4.59. The zero-order valence-corrected chi connectivity index (χ0v) is 13.3. The van der Waals surface area contributed by atoms with Gasteiger partial charge in [-0.3, -0.25) is 4.99 Å². The SMILES string of the molecule is C=C(C)C(/C=C\C)=C(\N=C/C)c1ccc(CC)cc1C. The lowest BCUT2D eigenvalue weighted by molar-refractivity contribution is 1.13. The predicted octanol–water partition coefficient (Wildman–Crippen LogP) is 5.51. The molecule has 0 bridgehead atoms. The Bertz CT molecular complexity index is 571. The molecule has 0 aliphatic carbocycles. The molecule has 0 N–H and O–H groups in total. The highest BCUT2D eigenvalue weighted by Gasteiger charge is 2.10. The van der Waals surface area contributed by atoms with Crippen LogP contribution in [0.3, 0.4) is 0 Å². The topological polar surface area (TPSA) is 12.4 Å². The van der Waals surface area contributed by atoms with E-state index in [-0.39, 0.29) is 0 Å². The number of hydrogen-bond donors (Lipinski definition) is 0. The van der Waals surface area contributed by atoms with Crippen LogP contribution >= 0.6 is 0 Å². The largest absolute Gasteiger partial charge is 0.260 e. The maximum Gasteiger partial charge on any atom is 0.0775 e. The van der Waals surface area contributed by atoms with Gasteiger partial charge in [-0.15, -0.1) is 0 Å². The third-order valence-electron chi connectivity index (χ3n) is 3.26. The number of aliphatic imine (C=N–C) groups is 1. The van der Waals surface area contributed by atoms with Gasteiger partial charge >= 0.3 is 0 Å². The molecule has 0 atom stereocenters. The van der Waals surface area contributed by atoms with Crippen LogP contribution in [0.4, 0.5) is 0 Å². The van der Waals surface area contributed by atoms with Gasteiger partial charge < -0.3 is 0 Å². The average Bonchev–Trinajstić information content (AvgIpc) is 2.42. The summed E-state index contributed by atoms with van der Waals surface area (Å²) in [4.78, 5) is 4.59. The highest BCUT2D eigenvalue weighted by Crippen LogP contribution is 2.28. The molecule has 0 amide bonds. The summed E-state index contributed by atoms with van der Waals surface area (Å²) in [6.07, 6.45) is 7.01. The Kier molecular flexibility index (Phi) is 6.17. The Morgan fingerprint density at radius 3 is 2.45 bits per heavy atom. The molecule has 1 heteroatoms. The van der Waals surface area contributed by atoms with Crippen molar-refractivity contribution >= 4 is 11.9 Å². The summed E-state index contributed by atoms with van der Waals surface area (Å²) in [5, 5.41) is 0. The van der Waals surface area contributed by atoms with E-state index in [9.17, 15) is 0 Å². The molecule has 0 aromatic heterocycles. The molecule has 0 saturated carbocycles. The van der Waals surface area contributed by atoms with Crippen LogP contribution in [0, 0.1) is 6.92 Å². The molecule has 0 spiro atoms. The molecule has 20 heavy (non-hydrogen) atoms. The Balaban J connectivity index is 3.55. The lowest BCUT2D eigenvalue weighted by Gasteiger charge is -2.13. The summed E-state index contributed by atoms with van der Waals surface area (Å²) in [5.41, 5.74) is 6.91. The Labute approximate surface area is 123 Å². The van der Waals surface area contributed by atoms with Crippen molar-refractivity contribution in [2.75, 3.05) is 0 Å². The van der Waals surface area contributed by atoms with Crippen LogP contribution in [0.5, 0.6) is 0 Å². The van der Waals surface area contributed by atoms with Gasteiger partial charge in [0.25, 0.3) is 0 Å². The molecular formula is C19H25N. The lowest BCUT2D eigenvalue weighted by Crippen LogP contribution is -1.94. The Morgan fingerprint density at radius 1 is 1.30 bits per heavy atom. The highest BCUT2D eigenvalue weighted by atomic mass is 14.7.